The third-order valence-corrected chi connectivity index (χ3v) is 4.76. The number of nitrogens with one attached hydrogen (secondary N) is 1. The zero-order valence-corrected chi connectivity index (χ0v) is 13.1. The van der Waals surface area contributed by atoms with Crippen LogP contribution >= 0.6 is 11.3 Å². The summed E-state index contributed by atoms with van der Waals surface area (Å²) in [4.78, 5) is 26.5. The molecule has 1 N–H and O–H groups in total. The largest absolute Gasteiger partial charge is 0.343 e. The number of benzene rings is 1. The van der Waals surface area contributed by atoms with Gasteiger partial charge in [-0.3, -0.25) is 14.5 Å². The summed E-state index contributed by atoms with van der Waals surface area (Å²) in [6, 6.07) is 7.03. The van der Waals surface area contributed by atoms with Gasteiger partial charge in [-0.05, 0) is 47.9 Å². The molecule has 5 heteroatoms. The minimum absolute atomic E-state index is 0.0529. The monoisotopic (exact) mass is 302 g/mol. The summed E-state index contributed by atoms with van der Waals surface area (Å²) in [5.41, 5.74) is 0.798. The second kappa shape index (κ2) is 5.15. The summed E-state index contributed by atoms with van der Waals surface area (Å²) >= 11 is 1.67. The first-order valence-corrected chi connectivity index (χ1v) is 7.97. The Morgan fingerprint density at radius 1 is 1.24 bits per heavy atom. The van der Waals surface area contributed by atoms with E-state index < -0.39 is 12.1 Å². The molecule has 2 aromatic rings. The smallest absolute Gasteiger partial charge is 0.250 e. The first-order valence-electron chi connectivity index (χ1n) is 7.09. The van der Waals surface area contributed by atoms with Crippen LogP contribution in [0.3, 0.4) is 0 Å². The molecule has 4 nitrogen and oxygen atoms in total. The molecule has 0 aliphatic carbocycles. The van der Waals surface area contributed by atoms with Gasteiger partial charge in [0.25, 0.3) is 0 Å². The number of carbonyl (C=O) groups excluding carboxylic acids is 2. The van der Waals surface area contributed by atoms with E-state index >= 15 is 0 Å². The highest BCUT2D eigenvalue weighted by molar-refractivity contribution is 7.17. The molecule has 0 saturated carbocycles. The van der Waals surface area contributed by atoms with E-state index in [1.807, 2.05) is 43.5 Å². The molecule has 1 aliphatic rings. The van der Waals surface area contributed by atoms with Gasteiger partial charge in [0.1, 0.15) is 12.1 Å². The Morgan fingerprint density at radius 2 is 2.00 bits per heavy atom. The zero-order valence-electron chi connectivity index (χ0n) is 12.3. The van der Waals surface area contributed by atoms with Crippen LogP contribution in [0.15, 0.2) is 29.6 Å². The number of fused-ring (bicyclic) bond motifs is 1. The highest BCUT2D eigenvalue weighted by Crippen LogP contribution is 2.30. The number of carbonyl (C=O) groups is 2. The maximum atomic E-state index is 12.6. The van der Waals surface area contributed by atoms with Crippen LogP contribution in [0.1, 0.15) is 20.8 Å². The lowest BCUT2D eigenvalue weighted by molar-refractivity contribution is -0.134. The van der Waals surface area contributed by atoms with Gasteiger partial charge in [0.15, 0.2) is 0 Å². The van der Waals surface area contributed by atoms with E-state index in [2.05, 4.69) is 5.32 Å². The minimum atomic E-state index is -0.481. The molecule has 110 valence electrons. The van der Waals surface area contributed by atoms with Crippen molar-refractivity contribution < 1.29 is 9.59 Å². The van der Waals surface area contributed by atoms with Crippen molar-refractivity contribution in [2.75, 3.05) is 4.90 Å². The molecule has 0 spiro atoms. The van der Waals surface area contributed by atoms with Gasteiger partial charge in [0.05, 0.1) is 0 Å². The lowest BCUT2D eigenvalue weighted by atomic mass is 9.96. The van der Waals surface area contributed by atoms with Crippen molar-refractivity contribution in [3.8, 4) is 0 Å². The second-order valence-electron chi connectivity index (χ2n) is 5.77. The van der Waals surface area contributed by atoms with Crippen LogP contribution < -0.4 is 10.2 Å². The molecule has 1 saturated heterocycles. The van der Waals surface area contributed by atoms with Gasteiger partial charge in [-0.25, -0.2) is 0 Å². The third kappa shape index (κ3) is 2.31. The number of anilines is 1. The number of rotatable bonds is 2. The number of amides is 2. The molecule has 2 unspecified atom stereocenters. The van der Waals surface area contributed by atoms with Crippen LogP contribution in [-0.2, 0) is 9.59 Å². The van der Waals surface area contributed by atoms with Crippen molar-refractivity contribution in [3.63, 3.8) is 0 Å². The Hall–Kier alpha value is -1.88. The van der Waals surface area contributed by atoms with Gasteiger partial charge < -0.3 is 5.32 Å². The fourth-order valence-electron chi connectivity index (χ4n) is 2.82. The Bertz CT molecular complexity index is 707. The summed E-state index contributed by atoms with van der Waals surface area (Å²) in [5, 5.41) is 5.90. The quantitative estimate of drug-likeness (QED) is 0.927. The molecule has 2 heterocycles. The molecule has 1 aromatic carbocycles. The number of piperazine rings is 1. The normalized spacial score (nSPS) is 23.0. The van der Waals surface area contributed by atoms with Crippen molar-refractivity contribution in [2.45, 2.75) is 32.9 Å². The molecule has 1 fully saturated rings. The minimum Gasteiger partial charge on any atom is -0.343 e. The van der Waals surface area contributed by atoms with E-state index in [0.29, 0.717) is 0 Å². The molecule has 0 bridgehead atoms. The van der Waals surface area contributed by atoms with Gasteiger partial charge in [-0.1, -0.05) is 13.8 Å². The predicted octanol–water partition coefficient (Wildman–Crippen LogP) is 2.78. The summed E-state index contributed by atoms with van der Waals surface area (Å²) in [7, 11) is 0. The molecule has 21 heavy (non-hydrogen) atoms. The standard InChI is InChI=1S/C16H18N2O2S/c1-9(2)14-15(19)17-10(3)16(20)18(14)12-4-5-13-11(8-12)6-7-21-13/h4-10,14H,1-3H3,(H,17,19). The van der Waals surface area contributed by atoms with Crippen molar-refractivity contribution in [2.24, 2.45) is 5.92 Å². The zero-order chi connectivity index (χ0) is 15.1. The fourth-order valence-corrected chi connectivity index (χ4v) is 3.59. The number of nitrogens with zero attached hydrogens (tertiary/aromatic N) is 1. The van der Waals surface area contributed by atoms with Gasteiger partial charge in [0.2, 0.25) is 11.8 Å². The average molecular weight is 302 g/mol. The summed E-state index contributed by atoms with van der Waals surface area (Å²) < 4.78 is 1.18. The Kier molecular flexibility index (Phi) is 3.45. The maximum absolute atomic E-state index is 12.6. The van der Waals surface area contributed by atoms with Crippen molar-refractivity contribution in [1.82, 2.24) is 5.32 Å². The number of thiophene rings is 1. The van der Waals surface area contributed by atoms with E-state index in [-0.39, 0.29) is 17.7 Å². The first kappa shape index (κ1) is 14.1. The molecule has 2 atom stereocenters. The van der Waals surface area contributed by atoms with E-state index in [4.69, 9.17) is 0 Å². The average Bonchev–Trinajstić information content (AvgIpc) is 2.89. The molecule has 1 aromatic heterocycles. The van der Waals surface area contributed by atoms with Gasteiger partial charge in [-0.2, -0.15) is 0 Å². The third-order valence-electron chi connectivity index (χ3n) is 3.86. The molecular formula is C16H18N2O2S. The predicted molar refractivity (Wildman–Crippen MR) is 85.5 cm³/mol. The molecule has 1 aliphatic heterocycles. The van der Waals surface area contributed by atoms with Crippen LogP contribution in [0.25, 0.3) is 10.1 Å². The van der Waals surface area contributed by atoms with Crippen LogP contribution in [0.2, 0.25) is 0 Å². The van der Waals surface area contributed by atoms with Crippen LogP contribution in [0, 0.1) is 5.92 Å². The molecule has 0 radical (unpaired) electrons. The number of hydrogen-bond donors (Lipinski definition) is 1. The summed E-state index contributed by atoms with van der Waals surface area (Å²) in [6.07, 6.45) is 0. The van der Waals surface area contributed by atoms with Crippen molar-refractivity contribution in [3.05, 3.63) is 29.6 Å². The SMILES string of the molecule is CC1NC(=O)C(C(C)C)N(c2ccc3sccc3c2)C1=O. The van der Waals surface area contributed by atoms with Crippen molar-refractivity contribution in [1.29, 1.82) is 0 Å². The van der Waals surface area contributed by atoms with Gasteiger partial charge >= 0.3 is 0 Å². The molecule has 2 amide bonds. The summed E-state index contributed by atoms with van der Waals surface area (Å²) in [6.45, 7) is 5.65. The van der Waals surface area contributed by atoms with Crippen LogP contribution in [-0.4, -0.2) is 23.9 Å². The summed E-state index contributed by atoms with van der Waals surface area (Å²) in [5.74, 6) is -0.0787. The Balaban J connectivity index is 2.09. The van der Waals surface area contributed by atoms with Gasteiger partial charge in [0, 0.05) is 10.4 Å². The van der Waals surface area contributed by atoms with Crippen molar-refractivity contribution >= 4 is 38.9 Å². The van der Waals surface area contributed by atoms with E-state index in [0.717, 1.165) is 11.1 Å². The highest BCUT2D eigenvalue weighted by atomic mass is 32.1. The maximum Gasteiger partial charge on any atom is 0.250 e. The Labute approximate surface area is 127 Å². The topological polar surface area (TPSA) is 49.4 Å². The highest BCUT2D eigenvalue weighted by Gasteiger charge is 2.41. The van der Waals surface area contributed by atoms with Crippen LogP contribution in [0.4, 0.5) is 5.69 Å². The van der Waals surface area contributed by atoms with E-state index in [1.165, 1.54) is 4.70 Å². The van der Waals surface area contributed by atoms with Gasteiger partial charge in [-0.15, -0.1) is 11.3 Å². The fraction of sp³-hybridized carbons (Fsp3) is 0.375. The Morgan fingerprint density at radius 3 is 2.71 bits per heavy atom. The lowest BCUT2D eigenvalue weighted by Crippen LogP contribution is -2.64. The second-order valence-corrected chi connectivity index (χ2v) is 6.72. The molecular weight excluding hydrogens is 284 g/mol. The number of hydrogen-bond acceptors (Lipinski definition) is 3. The van der Waals surface area contributed by atoms with E-state index in [9.17, 15) is 9.59 Å². The molecule has 3 rings (SSSR count). The lowest BCUT2D eigenvalue weighted by Gasteiger charge is -2.39. The first-order chi connectivity index (χ1) is 9.99. The van der Waals surface area contributed by atoms with Crippen LogP contribution in [0.5, 0.6) is 0 Å². The van der Waals surface area contributed by atoms with E-state index in [1.54, 1.807) is 23.2 Å².